The predicted molar refractivity (Wildman–Crippen MR) is 96.5 cm³/mol. The maximum Gasteiger partial charge on any atom is 0.219 e. The zero-order valence-corrected chi connectivity index (χ0v) is 15.0. The highest BCUT2D eigenvalue weighted by molar-refractivity contribution is 5.73. The molecule has 0 bridgehead atoms. The molecular weight excluding hydrogens is 286 g/mol. The van der Waals surface area contributed by atoms with Gasteiger partial charge in [-0.05, 0) is 70.4 Å². The van der Waals surface area contributed by atoms with E-state index in [1.54, 1.807) is 6.92 Å². The molecule has 128 valence electrons. The van der Waals surface area contributed by atoms with E-state index in [0.29, 0.717) is 12.6 Å². The third-order valence-electron chi connectivity index (χ3n) is 4.99. The molecule has 1 aromatic rings. The lowest BCUT2D eigenvalue weighted by Gasteiger charge is -2.33. The van der Waals surface area contributed by atoms with Crippen molar-refractivity contribution in [1.29, 1.82) is 0 Å². The van der Waals surface area contributed by atoms with Gasteiger partial charge in [0.1, 0.15) is 0 Å². The summed E-state index contributed by atoms with van der Waals surface area (Å²) in [5.74, 6) is 0.866. The molecule has 23 heavy (non-hydrogen) atoms. The summed E-state index contributed by atoms with van der Waals surface area (Å²) in [7, 11) is 2.20. The van der Waals surface area contributed by atoms with E-state index in [1.807, 2.05) is 11.8 Å². The Morgan fingerprint density at radius 2 is 2.09 bits per heavy atom. The fourth-order valence-electron chi connectivity index (χ4n) is 3.33. The lowest BCUT2D eigenvalue weighted by atomic mass is 9.90. The number of likely N-dealkylation sites (tertiary alicyclic amines) is 1. The van der Waals surface area contributed by atoms with Crippen LogP contribution in [0.5, 0.6) is 0 Å². The fraction of sp³-hybridized carbons (Fsp3) is 0.632. The van der Waals surface area contributed by atoms with Gasteiger partial charge in [0.05, 0.1) is 0 Å². The Hall–Kier alpha value is -1.55. The van der Waals surface area contributed by atoms with E-state index in [0.717, 1.165) is 18.2 Å². The van der Waals surface area contributed by atoms with Gasteiger partial charge < -0.3 is 15.1 Å². The normalized spacial score (nSPS) is 17.7. The molecule has 1 N–H and O–H groups in total. The quantitative estimate of drug-likeness (QED) is 0.875. The first kappa shape index (κ1) is 17.8. The number of hydrogen-bond donors (Lipinski definition) is 1. The van der Waals surface area contributed by atoms with Gasteiger partial charge in [-0.2, -0.15) is 0 Å². The number of rotatable bonds is 6. The molecule has 1 unspecified atom stereocenters. The summed E-state index contributed by atoms with van der Waals surface area (Å²) in [5, 5.41) is 3.67. The molecule has 1 heterocycles. The van der Waals surface area contributed by atoms with Crippen LogP contribution < -0.4 is 5.32 Å². The van der Waals surface area contributed by atoms with Crippen LogP contribution in [0.4, 0.5) is 5.69 Å². The van der Waals surface area contributed by atoms with Crippen LogP contribution in [0.2, 0.25) is 0 Å². The Morgan fingerprint density at radius 1 is 1.39 bits per heavy atom. The highest BCUT2D eigenvalue weighted by Crippen LogP contribution is 2.23. The summed E-state index contributed by atoms with van der Waals surface area (Å²) in [4.78, 5) is 15.8. The number of carbonyl (C=O) groups excluding carboxylic acids is 1. The molecule has 1 aromatic carbocycles. The van der Waals surface area contributed by atoms with E-state index in [4.69, 9.17) is 0 Å². The highest BCUT2D eigenvalue weighted by Gasteiger charge is 2.22. The zero-order chi connectivity index (χ0) is 16.8. The summed E-state index contributed by atoms with van der Waals surface area (Å²) in [6, 6.07) is 8.95. The van der Waals surface area contributed by atoms with Gasteiger partial charge in [-0.15, -0.1) is 0 Å². The second-order valence-electron chi connectivity index (χ2n) is 6.81. The van der Waals surface area contributed by atoms with Gasteiger partial charge in [-0.3, -0.25) is 4.79 Å². The van der Waals surface area contributed by atoms with Crippen molar-refractivity contribution in [2.24, 2.45) is 5.92 Å². The van der Waals surface area contributed by atoms with Crippen LogP contribution in [-0.2, 0) is 11.3 Å². The Labute approximate surface area is 140 Å². The third kappa shape index (κ3) is 5.24. The molecule has 4 nitrogen and oxygen atoms in total. The molecule has 0 radical (unpaired) electrons. The second-order valence-corrected chi connectivity index (χ2v) is 6.81. The van der Waals surface area contributed by atoms with Crippen molar-refractivity contribution in [2.45, 2.75) is 46.2 Å². The lowest BCUT2D eigenvalue weighted by Crippen LogP contribution is -2.37. The Kier molecular flexibility index (Phi) is 6.46. The fourth-order valence-corrected chi connectivity index (χ4v) is 3.33. The molecule has 1 aliphatic rings. The molecule has 1 amide bonds. The average Bonchev–Trinajstić information content (AvgIpc) is 2.53. The molecule has 1 atom stereocenters. The van der Waals surface area contributed by atoms with Crippen LogP contribution in [0.15, 0.2) is 24.3 Å². The van der Waals surface area contributed by atoms with Crippen molar-refractivity contribution in [3.05, 3.63) is 29.8 Å². The smallest absolute Gasteiger partial charge is 0.219 e. The predicted octanol–water partition coefficient (Wildman–Crippen LogP) is 3.20. The van der Waals surface area contributed by atoms with E-state index < -0.39 is 0 Å². The number of piperidine rings is 1. The SMILES string of the molecule is CCN(Cc1cccc(NC(C)C2CCN(C)CC2)c1)C(C)=O. The summed E-state index contributed by atoms with van der Waals surface area (Å²) in [6.07, 6.45) is 2.52. The minimum atomic E-state index is 0.130. The molecule has 2 rings (SSSR count). The van der Waals surface area contributed by atoms with Crippen molar-refractivity contribution >= 4 is 11.6 Å². The zero-order valence-electron chi connectivity index (χ0n) is 15.0. The van der Waals surface area contributed by atoms with Crippen LogP contribution >= 0.6 is 0 Å². The maximum atomic E-state index is 11.6. The number of anilines is 1. The Morgan fingerprint density at radius 3 is 2.70 bits per heavy atom. The minimum Gasteiger partial charge on any atom is -0.382 e. The first-order valence-corrected chi connectivity index (χ1v) is 8.79. The van der Waals surface area contributed by atoms with E-state index in [-0.39, 0.29) is 5.91 Å². The van der Waals surface area contributed by atoms with Crippen LogP contribution in [0.1, 0.15) is 39.2 Å². The first-order valence-electron chi connectivity index (χ1n) is 8.79. The van der Waals surface area contributed by atoms with Crippen LogP contribution in [0.25, 0.3) is 0 Å². The molecule has 0 spiro atoms. The number of benzene rings is 1. The molecular formula is C19H31N3O. The van der Waals surface area contributed by atoms with Crippen molar-refractivity contribution in [3.8, 4) is 0 Å². The Bertz CT molecular complexity index is 509. The van der Waals surface area contributed by atoms with E-state index in [2.05, 4.69) is 48.5 Å². The largest absolute Gasteiger partial charge is 0.382 e. The number of carbonyl (C=O) groups is 1. The van der Waals surface area contributed by atoms with Gasteiger partial charge >= 0.3 is 0 Å². The standard InChI is InChI=1S/C19H31N3O/c1-5-22(16(3)23)14-17-7-6-8-19(13-17)20-15(2)18-9-11-21(4)12-10-18/h6-8,13,15,18,20H,5,9-12,14H2,1-4H3. The number of nitrogens with one attached hydrogen (secondary N) is 1. The van der Waals surface area contributed by atoms with Gasteiger partial charge in [0.2, 0.25) is 5.91 Å². The molecule has 0 aromatic heterocycles. The molecule has 1 saturated heterocycles. The van der Waals surface area contributed by atoms with Gasteiger partial charge in [-0.25, -0.2) is 0 Å². The molecule has 0 aliphatic carbocycles. The molecule has 0 saturated carbocycles. The summed E-state index contributed by atoms with van der Waals surface area (Å²) in [5.41, 5.74) is 2.34. The maximum absolute atomic E-state index is 11.6. The van der Waals surface area contributed by atoms with Gasteiger partial charge in [0.25, 0.3) is 0 Å². The lowest BCUT2D eigenvalue weighted by molar-refractivity contribution is -0.129. The topological polar surface area (TPSA) is 35.6 Å². The van der Waals surface area contributed by atoms with Crippen molar-refractivity contribution in [3.63, 3.8) is 0 Å². The van der Waals surface area contributed by atoms with Crippen LogP contribution in [0, 0.1) is 5.92 Å². The Balaban J connectivity index is 1.95. The highest BCUT2D eigenvalue weighted by atomic mass is 16.2. The van der Waals surface area contributed by atoms with Gasteiger partial charge in [0, 0.05) is 31.7 Å². The molecule has 1 fully saturated rings. The van der Waals surface area contributed by atoms with Crippen molar-refractivity contribution < 1.29 is 4.79 Å². The second kappa shape index (κ2) is 8.34. The van der Waals surface area contributed by atoms with Crippen LogP contribution in [0.3, 0.4) is 0 Å². The summed E-state index contributed by atoms with van der Waals surface area (Å²) < 4.78 is 0. The van der Waals surface area contributed by atoms with Crippen LogP contribution in [-0.4, -0.2) is 48.4 Å². The van der Waals surface area contributed by atoms with E-state index in [1.165, 1.54) is 31.5 Å². The minimum absolute atomic E-state index is 0.130. The van der Waals surface area contributed by atoms with Crippen molar-refractivity contribution in [2.75, 3.05) is 32.0 Å². The summed E-state index contributed by atoms with van der Waals surface area (Å²) >= 11 is 0. The molecule has 4 heteroatoms. The third-order valence-corrected chi connectivity index (χ3v) is 4.99. The average molecular weight is 317 g/mol. The number of nitrogens with zero attached hydrogens (tertiary/aromatic N) is 2. The van der Waals surface area contributed by atoms with Gasteiger partial charge in [0.15, 0.2) is 0 Å². The van der Waals surface area contributed by atoms with E-state index >= 15 is 0 Å². The monoisotopic (exact) mass is 317 g/mol. The number of hydrogen-bond acceptors (Lipinski definition) is 3. The van der Waals surface area contributed by atoms with Crippen molar-refractivity contribution in [1.82, 2.24) is 9.80 Å². The summed E-state index contributed by atoms with van der Waals surface area (Å²) in [6.45, 7) is 9.76. The number of amides is 1. The van der Waals surface area contributed by atoms with Gasteiger partial charge in [-0.1, -0.05) is 12.1 Å². The first-order chi connectivity index (χ1) is 11.0. The molecule has 1 aliphatic heterocycles. The van der Waals surface area contributed by atoms with E-state index in [9.17, 15) is 4.79 Å².